The Balaban J connectivity index is 1.86. The van der Waals surface area contributed by atoms with Crippen LogP contribution in [-0.4, -0.2) is 40.5 Å². The molecule has 0 radical (unpaired) electrons. The molecule has 0 spiro atoms. The lowest BCUT2D eigenvalue weighted by Crippen LogP contribution is -2.21. The van der Waals surface area contributed by atoms with Crippen LogP contribution in [0.4, 0.5) is 11.9 Å². The average molecular weight is 299 g/mol. The Morgan fingerprint density at radius 2 is 2.00 bits per heavy atom. The van der Waals surface area contributed by atoms with E-state index in [1.807, 2.05) is 0 Å². The predicted octanol–water partition coefficient (Wildman–Crippen LogP) is 1.19. The fourth-order valence-electron chi connectivity index (χ4n) is 2.10. The summed E-state index contributed by atoms with van der Waals surface area (Å²) in [5.74, 6) is 0.831. The highest BCUT2D eigenvalue weighted by molar-refractivity contribution is 6.28. The van der Waals surface area contributed by atoms with Crippen LogP contribution in [0.25, 0.3) is 0 Å². The van der Waals surface area contributed by atoms with Crippen molar-refractivity contribution < 1.29 is 4.79 Å². The molecule has 3 N–H and O–H groups in total. The van der Waals surface area contributed by atoms with Crippen LogP contribution < -0.4 is 16.0 Å². The molecule has 1 aliphatic rings. The van der Waals surface area contributed by atoms with Gasteiger partial charge in [-0.2, -0.15) is 15.0 Å². The number of nitrogens with one attached hydrogen (secondary N) is 1. The molecule has 1 aromatic heterocycles. The molecule has 0 atom stereocenters. The lowest BCUT2D eigenvalue weighted by atomic mass is 10.2. The summed E-state index contributed by atoms with van der Waals surface area (Å²) >= 11 is 5.92. The molecule has 1 fully saturated rings. The first-order chi connectivity index (χ1) is 9.65. The van der Waals surface area contributed by atoms with Gasteiger partial charge in [0.25, 0.3) is 0 Å². The lowest BCUT2D eigenvalue weighted by Gasteiger charge is -2.15. The van der Waals surface area contributed by atoms with Crippen molar-refractivity contribution in [1.82, 2.24) is 15.0 Å². The monoisotopic (exact) mass is 298 g/mol. The third-order valence-corrected chi connectivity index (χ3v) is 3.29. The van der Waals surface area contributed by atoms with Gasteiger partial charge in [-0.1, -0.05) is 0 Å². The zero-order valence-electron chi connectivity index (χ0n) is 11.3. The van der Waals surface area contributed by atoms with Gasteiger partial charge < -0.3 is 16.0 Å². The molecule has 110 valence electrons. The highest BCUT2D eigenvalue weighted by Crippen LogP contribution is 2.18. The molecule has 20 heavy (non-hydrogen) atoms. The van der Waals surface area contributed by atoms with Gasteiger partial charge in [0.2, 0.25) is 23.1 Å². The third-order valence-electron chi connectivity index (χ3n) is 3.12. The standard InChI is InChI=1S/C12H19ClN6O/c13-10-16-11(15-6-2-1-5-9(14)20)18-12(17-10)19-7-3-4-8-19/h1-8H2,(H2,14,20)(H,15,16,17,18). The Morgan fingerprint density at radius 3 is 2.70 bits per heavy atom. The number of carbonyl (C=O) groups excluding carboxylic acids is 1. The first kappa shape index (κ1) is 14.8. The molecule has 0 aromatic carbocycles. The number of hydrogen-bond acceptors (Lipinski definition) is 6. The Kier molecular flexibility index (Phi) is 5.34. The number of rotatable bonds is 7. The number of hydrogen-bond donors (Lipinski definition) is 2. The van der Waals surface area contributed by atoms with E-state index in [0.717, 1.165) is 38.8 Å². The van der Waals surface area contributed by atoms with Crippen LogP contribution in [-0.2, 0) is 4.79 Å². The molecule has 0 bridgehead atoms. The third kappa shape index (κ3) is 4.48. The summed E-state index contributed by atoms with van der Waals surface area (Å²) in [5.41, 5.74) is 5.08. The van der Waals surface area contributed by atoms with Crippen LogP contribution in [0.1, 0.15) is 32.1 Å². The van der Waals surface area contributed by atoms with Crippen LogP contribution in [0.5, 0.6) is 0 Å². The first-order valence-electron chi connectivity index (χ1n) is 6.84. The number of nitrogens with two attached hydrogens (primary N) is 1. The number of halogens is 1. The minimum Gasteiger partial charge on any atom is -0.370 e. The molecule has 0 saturated carbocycles. The van der Waals surface area contributed by atoms with Gasteiger partial charge in [0, 0.05) is 26.1 Å². The molecule has 8 heteroatoms. The van der Waals surface area contributed by atoms with E-state index in [0.29, 0.717) is 24.9 Å². The van der Waals surface area contributed by atoms with Gasteiger partial charge in [0.1, 0.15) is 0 Å². The van der Waals surface area contributed by atoms with Crippen molar-refractivity contribution in [3.8, 4) is 0 Å². The maximum atomic E-state index is 10.6. The SMILES string of the molecule is NC(=O)CCCCNc1nc(Cl)nc(N2CCCC2)n1. The number of nitrogens with zero attached hydrogens (tertiary/aromatic N) is 4. The number of carbonyl (C=O) groups is 1. The molecule has 1 amide bonds. The van der Waals surface area contributed by atoms with Crippen molar-refractivity contribution in [2.75, 3.05) is 29.9 Å². The first-order valence-corrected chi connectivity index (χ1v) is 7.21. The minimum atomic E-state index is -0.274. The summed E-state index contributed by atoms with van der Waals surface area (Å²) in [6.07, 6.45) is 4.28. The fourth-order valence-corrected chi connectivity index (χ4v) is 2.26. The summed E-state index contributed by atoms with van der Waals surface area (Å²) in [6, 6.07) is 0. The normalized spacial score (nSPS) is 14.6. The quantitative estimate of drug-likeness (QED) is 0.734. The minimum absolute atomic E-state index is 0.196. The molecule has 1 aliphatic heterocycles. The maximum Gasteiger partial charge on any atom is 0.231 e. The second kappa shape index (κ2) is 7.23. The van der Waals surface area contributed by atoms with E-state index in [4.69, 9.17) is 17.3 Å². The number of anilines is 2. The predicted molar refractivity (Wildman–Crippen MR) is 77.8 cm³/mol. The van der Waals surface area contributed by atoms with Crippen molar-refractivity contribution in [2.24, 2.45) is 5.73 Å². The molecule has 1 aromatic rings. The van der Waals surface area contributed by atoms with Crippen LogP contribution >= 0.6 is 11.6 Å². The van der Waals surface area contributed by atoms with Crippen molar-refractivity contribution in [2.45, 2.75) is 32.1 Å². The molecule has 0 unspecified atom stereocenters. The van der Waals surface area contributed by atoms with Crippen molar-refractivity contribution >= 4 is 29.4 Å². The van der Waals surface area contributed by atoms with Crippen molar-refractivity contribution in [3.05, 3.63) is 5.28 Å². The topological polar surface area (TPSA) is 97.0 Å². The number of aromatic nitrogens is 3. The highest BCUT2D eigenvalue weighted by atomic mass is 35.5. The average Bonchev–Trinajstić information content (AvgIpc) is 2.91. The molecule has 0 aliphatic carbocycles. The maximum absolute atomic E-state index is 10.6. The van der Waals surface area contributed by atoms with Crippen molar-refractivity contribution in [3.63, 3.8) is 0 Å². The fraction of sp³-hybridized carbons (Fsp3) is 0.667. The molecule has 7 nitrogen and oxygen atoms in total. The van der Waals surface area contributed by atoms with E-state index < -0.39 is 0 Å². The molecular weight excluding hydrogens is 280 g/mol. The Hall–Kier alpha value is -1.63. The summed E-state index contributed by atoms with van der Waals surface area (Å²) in [4.78, 5) is 25.3. The Morgan fingerprint density at radius 1 is 1.25 bits per heavy atom. The zero-order chi connectivity index (χ0) is 14.4. The van der Waals surface area contributed by atoms with E-state index in [9.17, 15) is 4.79 Å². The van der Waals surface area contributed by atoms with Crippen LogP contribution in [0.15, 0.2) is 0 Å². The van der Waals surface area contributed by atoms with Gasteiger partial charge in [-0.15, -0.1) is 0 Å². The van der Waals surface area contributed by atoms with Crippen molar-refractivity contribution in [1.29, 1.82) is 0 Å². The van der Waals surface area contributed by atoms with Gasteiger partial charge in [-0.05, 0) is 37.3 Å². The summed E-state index contributed by atoms with van der Waals surface area (Å²) in [6.45, 7) is 2.59. The van der Waals surface area contributed by atoms with Gasteiger partial charge in [-0.3, -0.25) is 4.79 Å². The molecule has 1 saturated heterocycles. The van der Waals surface area contributed by atoms with Gasteiger partial charge in [-0.25, -0.2) is 0 Å². The zero-order valence-corrected chi connectivity index (χ0v) is 12.1. The highest BCUT2D eigenvalue weighted by Gasteiger charge is 2.16. The van der Waals surface area contributed by atoms with Gasteiger partial charge >= 0.3 is 0 Å². The van der Waals surface area contributed by atoms with E-state index >= 15 is 0 Å². The van der Waals surface area contributed by atoms with Crippen LogP contribution in [0.2, 0.25) is 5.28 Å². The second-order valence-corrected chi connectivity index (χ2v) is 5.11. The van der Waals surface area contributed by atoms with Gasteiger partial charge in [0.15, 0.2) is 0 Å². The number of primary amides is 1. The number of unbranched alkanes of at least 4 members (excludes halogenated alkanes) is 1. The van der Waals surface area contributed by atoms with Gasteiger partial charge in [0.05, 0.1) is 0 Å². The van der Waals surface area contributed by atoms with Crippen LogP contribution in [0, 0.1) is 0 Å². The van der Waals surface area contributed by atoms with E-state index in [2.05, 4.69) is 25.2 Å². The lowest BCUT2D eigenvalue weighted by molar-refractivity contribution is -0.118. The summed E-state index contributed by atoms with van der Waals surface area (Å²) in [7, 11) is 0. The summed E-state index contributed by atoms with van der Waals surface area (Å²) < 4.78 is 0. The summed E-state index contributed by atoms with van der Waals surface area (Å²) in [5, 5.41) is 3.29. The van der Waals surface area contributed by atoms with E-state index in [1.165, 1.54) is 0 Å². The molecule has 2 rings (SSSR count). The Labute approximate surface area is 122 Å². The number of amides is 1. The van der Waals surface area contributed by atoms with E-state index in [1.54, 1.807) is 0 Å². The Bertz CT molecular complexity index is 463. The molecular formula is C12H19ClN6O. The second-order valence-electron chi connectivity index (χ2n) is 4.77. The van der Waals surface area contributed by atoms with E-state index in [-0.39, 0.29) is 11.2 Å². The smallest absolute Gasteiger partial charge is 0.231 e. The molecule has 2 heterocycles. The van der Waals surface area contributed by atoms with Crippen LogP contribution in [0.3, 0.4) is 0 Å². The largest absolute Gasteiger partial charge is 0.370 e.